The number of hydrogen-bond acceptors (Lipinski definition) is 5. The minimum atomic E-state index is -0.581. The van der Waals surface area contributed by atoms with Crippen LogP contribution < -0.4 is 0 Å². The maximum atomic E-state index is 12.3. The highest BCUT2D eigenvalue weighted by Gasteiger charge is 2.29. The molecule has 1 fully saturated rings. The van der Waals surface area contributed by atoms with Crippen LogP contribution in [0.3, 0.4) is 0 Å². The van der Waals surface area contributed by atoms with Crippen LogP contribution in [0, 0.1) is 5.92 Å². The lowest BCUT2D eigenvalue weighted by Gasteiger charge is -2.23. The van der Waals surface area contributed by atoms with Crippen LogP contribution in [0.4, 0.5) is 0 Å². The van der Waals surface area contributed by atoms with Gasteiger partial charge in [0.2, 0.25) is 11.6 Å². The molecule has 0 aromatic heterocycles. The van der Waals surface area contributed by atoms with E-state index < -0.39 is 17.7 Å². The van der Waals surface area contributed by atoms with E-state index in [-0.39, 0.29) is 19.1 Å². The molecule has 2 unspecified atom stereocenters. The predicted molar refractivity (Wildman–Crippen MR) is 82.9 cm³/mol. The summed E-state index contributed by atoms with van der Waals surface area (Å²) in [6.07, 6.45) is 9.49. The lowest BCUT2D eigenvalue weighted by Crippen LogP contribution is -2.31. The van der Waals surface area contributed by atoms with E-state index in [1.807, 2.05) is 24.3 Å². The number of ether oxygens (including phenoxy) is 1. The predicted octanol–water partition coefficient (Wildman–Crippen LogP) is 1.82. The van der Waals surface area contributed by atoms with Gasteiger partial charge in [0.15, 0.2) is 0 Å². The molecule has 0 radical (unpaired) electrons. The molecule has 0 bridgehead atoms. The normalized spacial score (nSPS) is 31.7. The number of hydrogen-bond donors (Lipinski definition) is 1. The Bertz CT molecular complexity index is 530. The van der Waals surface area contributed by atoms with E-state index >= 15 is 0 Å². The van der Waals surface area contributed by atoms with E-state index in [0.717, 1.165) is 4.91 Å². The number of carbonyl (C=O) groups is 2. The van der Waals surface area contributed by atoms with E-state index in [0.29, 0.717) is 17.7 Å². The van der Waals surface area contributed by atoms with Crippen LogP contribution >= 0.6 is 11.8 Å². The Morgan fingerprint density at radius 1 is 1.38 bits per heavy atom. The first-order valence-corrected chi connectivity index (χ1v) is 7.77. The van der Waals surface area contributed by atoms with E-state index in [4.69, 9.17) is 4.74 Å². The van der Waals surface area contributed by atoms with Crippen LogP contribution in [0.15, 0.2) is 47.4 Å². The Kier molecular flexibility index (Phi) is 5.73. The third-order valence-corrected chi connectivity index (χ3v) is 4.49. The fourth-order valence-electron chi connectivity index (χ4n) is 2.14. The molecule has 0 spiro atoms. The molecule has 1 N–H and O–H groups in total. The van der Waals surface area contributed by atoms with Crippen molar-refractivity contribution in [3.8, 4) is 0 Å². The van der Waals surface area contributed by atoms with Gasteiger partial charge in [0, 0.05) is 17.2 Å². The van der Waals surface area contributed by atoms with Crippen molar-refractivity contribution in [2.75, 3.05) is 19.0 Å². The molecule has 1 saturated heterocycles. The number of allylic oxidation sites excluding steroid dienone is 7. The number of rotatable bonds is 1. The fraction of sp³-hybridized carbons (Fsp3) is 0.375. The Morgan fingerprint density at radius 3 is 2.95 bits per heavy atom. The quantitative estimate of drug-likeness (QED) is 0.749. The average Bonchev–Trinajstić information content (AvgIpc) is 2.45. The second-order valence-electron chi connectivity index (χ2n) is 4.83. The number of Topliss-reactive ketones (excluding diaryl/α,β-unsaturated/α-hetero) is 2. The van der Waals surface area contributed by atoms with E-state index in [1.165, 1.54) is 11.8 Å². The molecule has 1 aliphatic heterocycles. The summed E-state index contributed by atoms with van der Waals surface area (Å²) in [6, 6.07) is 0. The first-order valence-electron chi connectivity index (χ1n) is 6.78. The summed E-state index contributed by atoms with van der Waals surface area (Å²) in [6.45, 7) is 3.54. The topological polar surface area (TPSA) is 63.6 Å². The summed E-state index contributed by atoms with van der Waals surface area (Å²) in [7, 11) is 0. The molecule has 0 aromatic rings. The van der Waals surface area contributed by atoms with Crippen molar-refractivity contribution in [2.45, 2.75) is 12.5 Å². The van der Waals surface area contributed by atoms with Crippen LogP contribution in [0.25, 0.3) is 0 Å². The monoisotopic (exact) mass is 306 g/mol. The lowest BCUT2D eigenvalue weighted by atomic mass is 9.90. The zero-order valence-corrected chi connectivity index (χ0v) is 12.5. The van der Waals surface area contributed by atoms with Crippen LogP contribution in [-0.2, 0) is 14.3 Å². The minimum absolute atomic E-state index is 0.187. The van der Waals surface area contributed by atoms with Crippen molar-refractivity contribution in [1.29, 1.82) is 0 Å². The highest BCUT2D eigenvalue weighted by Crippen LogP contribution is 2.33. The van der Waals surface area contributed by atoms with E-state index in [1.54, 1.807) is 6.08 Å². The first kappa shape index (κ1) is 15.9. The molecule has 2 atom stereocenters. The molecule has 1 heterocycles. The number of ketones is 2. The molecule has 5 heteroatoms. The van der Waals surface area contributed by atoms with Gasteiger partial charge in [-0.05, 0) is 11.3 Å². The molecule has 2 rings (SSSR count). The summed E-state index contributed by atoms with van der Waals surface area (Å²) in [4.78, 5) is 25.1. The molecule has 112 valence electrons. The van der Waals surface area contributed by atoms with E-state index in [2.05, 4.69) is 6.58 Å². The number of aliphatic hydroxyl groups is 1. The zero-order chi connectivity index (χ0) is 15.2. The van der Waals surface area contributed by atoms with Crippen LogP contribution in [0.2, 0.25) is 0 Å². The Hall–Kier alpha value is -1.43. The van der Waals surface area contributed by atoms with Gasteiger partial charge in [-0.2, -0.15) is 0 Å². The summed E-state index contributed by atoms with van der Waals surface area (Å²) >= 11 is 1.45. The van der Waals surface area contributed by atoms with Gasteiger partial charge < -0.3 is 9.84 Å². The van der Waals surface area contributed by atoms with Crippen LogP contribution in [0.1, 0.15) is 6.42 Å². The average molecular weight is 306 g/mol. The van der Waals surface area contributed by atoms with Gasteiger partial charge in [-0.3, -0.25) is 9.59 Å². The van der Waals surface area contributed by atoms with Gasteiger partial charge in [0.25, 0.3) is 0 Å². The maximum absolute atomic E-state index is 12.3. The Labute approximate surface area is 128 Å². The van der Waals surface area contributed by atoms with Gasteiger partial charge in [0.1, 0.15) is 6.61 Å². The van der Waals surface area contributed by atoms with Gasteiger partial charge in [-0.25, -0.2) is 0 Å². The first-order chi connectivity index (χ1) is 10.1. The lowest BCUT2D eigenvalue weighted by molar-refractivity contribution is -0.138. The Morgan fingerprint density at radius 2 is 2.19 bits per heavy atom. The van der Waals surface area contributed by atoms with Crippen molar-refractivity contribution < 1.29 is 19.4 Å². The summed E-state index contributed by atoms with van der Waals surface area (Å²) in [5.41, 5.74) is 0.462. The molecular weight excluding hydrogens is 288 g/mol. The van der Waals surface area contributed by atoms with Crippen molar-refractivity contribution in [3.63, 3.8) is 0 Å². The van der Waals surface area contributed by atoms with Crippen molar-refractivity contribution in [3.05, 3.63) is 47.4 Å². The van der Waals surface area contributed by atoms with Crippen molar-refractivity contribution in [1.82, 2.24) is 0 Å². The third kappa shape index (κ3) is 4.03. The smallest absolute Gasteiger partial charge is 0.228 e. The van der Waals surface area contributed by atoms with E-state index in [9.17, 15) is 14.7 Å². The largest absolute Gasteiger partial charge is 0.394 e. The molecule has 21 heavy (non-hydrogen) atoms. The SMILES string of the molecule is C=C1SCC(CO)OCC(=O)C(=O)/C2=C/C/C=C\C=CC12. The molecular formula is C16H18O4S. The standard InChI is InChI=1S/C16H18O4S/c1-11-13-6-4-2-3-5-7-14(13)16(19)15(18)9-20-12(8-17)10-21-11/h2-4,6-7,12-13,17H,1,5,8-10H2/b3-2-,6-4?,14-7+. The number of fused-ring (bicyclic) bond motifs is 1. The molecule has 2 aliphatic rings. The van der Waals surface area contributed by atoms with Gasteiger partial charge in [-0.15, -0.1) is 11.8 Å². The summed E-state index contributed by atoms with van der Waals surface area (Å²) in [5.74, 6) is -0.888. The second kappa shape index (κ2) is 7.54. The number of thioether (sulfide) groups is 1. The van der Waals surface area contributed by atoms with Crippen LogP contribution in [0.5, 0.6) is 0 Å². The van der Waals surface area contributed by atoms with Gasteiger partial charge >= 0.3 is 0 Å². The van der Waals surface area contributed by atoms with Crippen LogP contribution in [-0.4, -0.2) is 41.7 Å². The molecule has 0 amide bonds. The highest BCUT2D eigenvalue weighted by molar-refractivity contribution is 8.03. The van der Waals surface area contributed by atoms with Gasteiger partial charge in [0.05, 0.1) is 12.7 Å². The molecule has 4 nitrogen and oxygen atoms in total. The minimum Gasteiger partial charge on any atom is -0.394 e. The fourth-order valence-corrected chi connectivity index (χ4v) is 3.12. The third-order valence-electron chi connectivity index (χ3n) is 3.33. The second-order valence-corrected chi connectivity index (χ2v) is 5.98. The van der Waals surface area contributed by atoms with Crippen molar-refractivity contribution in [2.24, 2.45) is 5.92 Å². The summed E-state index contributed by atoms with van der Waals surface area (Å²) < 4.78 is 5.29. The zero-order valence-electron chi connectivity index (χ0n) is 11.7. The maximum Gasteiger partial charge on any atom is 0.228 e. The molecule has 1 aliphatic carbocycles. The molecule has 0 saturated carbocycles. The summed E-state index contributed by atoms with van der Waals surface area (Å²) in [5, 5.41) is 9.22. The highest BCUT2D eigenvalue weighted by atomic mass is 32.2. The number of aliphatic hydroxyl groups excluding tert-OH is 1. The Balaban J connectivity index is 2.34. The number of carbonyl (C=O) groups excluding carboxylic acids is 2. The van der Waals surface area contributed by atoms with Crippen molar-refractivity contribution >= 4 is 23.3 Å². The molecule has 0 aromatic carbocycles. The van der Waals surface area contributed by atoms with Gasteiger partial charge in [-0.1, -0.05) is 37.0 Å².